The molecular weight excluding hydrogens is 489 g/mol. The number of nitrogens with zero attached hydrogens (tertiary/aromatic N) is 3. The molecule has 10 heteroatoms. The molecule has 1 saturated heterocycles. The van der Waals surface area contributed by atoms with E-state index in [1.807, 2.05) is 6.92 Å². The first-order valence-electron chi connectivity index (χ1n) is 11.3. The van der Waals surface area contributed by atoms with Gasteiger partial charge in [-0.05, 0) is 56.2 Å². The summed E-state index contributed by atoms with van der Waals surface area (Å²) < 4.78 is 47.9. The Bertz CT molecular complexity index is 1440. The number of aromatic nitrogens is 1. The van der Waals surface area contributed by atoms with Crippen LogP contribution < -0.4 is 4.90 Å². The highest BCUT2D eigenvalue weighted by atomic mass is 32.2. The van der Waals surface area contributed by atoms with Crippen molar-refractivity contribution in [3.8, 4) is 0 Å². The number of sulfonamides is 1. The smallest absolute Gasteiger partial charge is 0.243 e. The Labute approximate surface area is 206 Å². The minimum Gasteiger partial charge on any atom is -0.467 e. The second kappa shape index (κ2) is 9.52. The van der Waals surface area contributed by atoms with E-state index in [4.69, 9.17) is 4.42 Å². The summed E-state index contributed by atoms with van der Waals surface area (Å²) in [6.07, 6.45) is 2.31. The van der Waals surface area contributed by atoms with Crippen molar-refractivity contribution in [1.82, 2.24) is 9.29 Å². The average Bonchev–Trinajstić information content (AvgIpc) is 3.53. The number of rotatable bonds is 6. The number of hydrogen-bond donors (Lipinski definition) is 0. The maximum Gasteiger partial charge on any atom is 0.243 e. The van der Waals surface area contributed by atoms with Crippen LogP contribution in [0.5, 0.6) is 0 Å². The monoisotopic (exact) mass is 513 g/mol. The van der Waals surface area contributed by atoms with E-state index < -0.39 is 15.8 Å². The van der Waals surface area contributed by atoms with Gasteiger partial charge >= 0.3 is 0 Å². The van der Waals surface area contributed by atoms with Crippen molar-refractivity contribution in [3.05, 3.63) is 78.0 Å². The van der Waals surface area contributed by atoms with Crippen LogP contribution in [-0.4, -0.2) is 36.7 Å². The van der Waals surface area contributed by atoms with E-state index in [0.29, 0.717) is 28.4 Å². The molecule has 1 aliphatic heterocycles. The number of hydrogen-bond acceptors (Lipinski definition) is 6. The molecule has 0 N–H and O–H groups in total. The van der Waals surface area contributed by atoms with Gasteiger partial charge in [0.2, 0.25) is 15.9 Å². The highest BCUT2D eigenvalue weighted by Gasteiger charge is 2.35. The molecule has 3 heterocycles. The molecule has 7 nitrogen and oxygen atoms in total. The van der Waals surface area contributed by atoms with Gasteiger partial charge in [-0.1, -0.05) is 35.1 Å². The Morgan fingerprint density at radius 1 is 1.14 bits per heavy atom. The van der Waals surface area contributed by atoms with Crippen LogP contribution in [-0.2, 0) is 21.4 Å². The largest absolute Gasteiger partial charge is 0.467 e. The lowest BCUT2D eigenvalue weighted by Crippen LogP contribution is -2.44. The predicted octanol–water partition coefficient (Wildman–Crippen LogP) is 4.97. The summed E-state index contributed by atoms with van der Waals surface area (Å²) >= 11 is 1.24. The van der Waals surface area contributed by atoms with Crippen LogP contribution in [0.1, 0.15) is 24.2 Å². The minimum atomic E-state index is -3.62. The van der Waals surface area contributed by atoms with Gasteiger partial charge in [-0.3, -0.25) is 9.69 Å². The lowest BCUT2D eigenvalue weighted by atomic mass is 9.96. The molecule has 5 rings (SSSR count). The number of piperidine rings is 1. The van der Waals surface area contributed by atoms with Gasteiger partial charge in [0.05, 0.1) is 22.4 Å². The zero-order valence-electron chi connectivity index (χ0n) is 19.1. The molecule has 0 bridgehead atoms. The van der Waals surface area contributed by atoms with Crippen LogP contribution >= 0.6 is 11.3 Å². The topological polar surface area (TPSA) is 83.7 Å². The third kappa shape index (κ3) is 4.73. The number of benzene rings is 2. The SMILES string of the molecule is Cc1ccc(S(=O)(=O)N2CCC(C(=O)N(Cc3ccco3)c3nc4c(F)cccc4s3)CC2)cc1. The summed E-state index contributed by atoms with van der Waals surface area (Å²) in [5, 5.41) is 0.390. The Kier molecular flexibility index (Phi) is 6.43. The van der Waals surface area contributed by atoms with Gasteiger partial charge in [0.15, 0.2) is 5.13 Å². The van der Waals surface area contributed by atoms with Crippen molar-refractivity contribution >= 4 is 42.6 Å². The van der Waals surface area contributed by atoms with Crippen molar-refractivity contribution in [1.29, 1.82) is 0 Å². The van der Waals surface area contributed by atoms with Crippen LogP contribution in [0.2, 0.25) is 0 Å². The van der Waals surface area contributed by atoms with Crippen molar-refractivity contribution in [2.75, 3.05) is 18.0 Å². The molecule has 0 radical (unpaired) electrons. The number of fused-ring (bicyclic) bond motifs is 1. The van der Waals surface area contributed by atoms with Crippen molar-refractivity contribution in [2.24, 2.45) is 5.92 Å². The lowest BCUT2D eigenvalue weighted by Gasteiger charge is -2.32. The molecule has 35 heavy (non-hydrogen) atoms. The van der Waals surface area contributed by atoms with Gasteiger partial charge in [-0.25, -0.2) is 17.8 Å². The van der Waals surface area contributed by atoms with Crippen LogP contribution in [0.15, 0.2) is 70.2 Å². The molecule has 0 spiro atoms. The molecule has 0 saturated carbocycles. The minimum absolute atomic E-state index is 0.162. The van der Waals surface area contributed by atoms with E-state index >= 15 is 0 Å². The zero-order valence-corrected chi connectivity index (χ0v) is 20.7. The summed E-state index contributed by atoms with van der Waals surface area (Å²) in [6, 6.07) is 15.0. The number of anilines is 1. The quantitative estimate of drug-likeness (QED) is 0.364. The third-order valence-electron chi connectivity index (χ3n) is 6.21. The number of carbonyl (C=O) groups excluding carboxylic acids is 1. The summed E-state index contributed by atoms with van der Waals surface area (Å²) in [5.74, 6) is -0.415. The summed E-state index contributed by atoms with van der Waals surface area (Å²) in [5.41, 5.74) is 1.21. The van der Waals surface area contributed by atoms with Gasteiger partial charge < -0.3 is 4.42 Å². The molecule has 4 aromatic rings. The predicted molar refractivity (Wildman–Crippen MR) is 132 cm³/mol. The van der Waals surface area contributed by atoms with E-state index in [1.165, 1.54) is 32.9 Å². The van der Waals surface area contributed by atoms with Crippen molar-refractivity contribution < 1.29 is 22.0 Å². The Hall–Kier alpha value is -3.08. The van der Waals surface area contributed by atoms with Crippen molar-refractivity contribution in [3.63, 3.8) is 0 Å². The number of thiazole rings is 1. The molecule has 1 aliphatic rings. The van der Waals surface area contributed by atoms with E-state index in [0.717, 1.165) is 5.56 Å². The summed E-state index contributed by atoms with van der Waals surface area (Å²) in [4.78, 5) is 19.8. The Morgan fingerprint density at radius 3 is 2.54 bits per heavy atom. The molecule has 182 valence electrons. The maximum absolute atomic E-state index is 14.3. The number of para-hydroxylation sites is 1. The average molecular weight is 514 g/mol. The molecule has 0 aliphatic carbocycles. The van der Waals surface area contributed by atoms with Gasteiger partial charge in [0, 0.05) is 19.0 Å². The normalized spacial score (nSPS) is 15.5. The first-order chi connectivity index (χ1) is 16.8. The van der Waals surface area contributed by atoms with Gasteiger partial charge in [-0.15, -0.1) is 0 Å². The standard InChI is InChI=1S/C25H24FN3O4S2/c1-17-7-9-20(10-8-17)35(31,32)28-13-11-18(12-14-28)24(30)29(16-19-4-3-15-33-19)25-27-23-21(26)5-2-6-22(23)34-25/h2-10,15,18H,11-14,16H2,1H3. The maximum atomic E-state index is 14.3. The fourth-order valence-corrected chi connectivity index (χ4v) is 6.69. The highest BCUT2D eigenvalue weighted by Crippen LogP contribution is 2.34. The molecule has 2 aromatic carbocycles. The zero-order chi connectivity index (χ0) is 24.6. The van der Waals surface area contributed by atoms with Crippen LogP contribution in [0.4, 0.5) is 9.52 Å². The number of carbonyl (C=O) groups is 1. The molecule has 1 fully saturated rings. The fraction of sp³-hybridized carbons (Fsp3) is 0.280. The number of halogens is 1. The van der Waals surface area contributed by atoms with Crippen molar-refractivity contribution in [2.45, 2.75) is 31.2 Å². The molecular formula is C25H24FN3O4S2. The summed E-state index contributed by atoms with van der Waals surface area (Å²) in [6.45, 7) is 2.56. The van der Waals surface area contributed by atoms with E-state index in [1.54, 1.807) is 48.5 Å². The Balaban J connectivity index is 1.36. The van der Waals surface area contributed by atoms with Crippen LogP contribution in [0.25, 0.3) is 10.2 Å². The first-order valence-corrected chi connectivity index (χ1v) is 13.5. The molecule has 0 atom stereocenters. The second-order valence-electron chi connectivity index (χ2n) is 8.58. The first kappa shape index (κ1) is 23.7. The van der Waals surface area contributed by atoms with E-state index in [-0.39, 0.29) is 41.9 Å². The van der Waals surface area contributed by atoms with Gasteiger partial charge in [0.25, 0.3) is 0 Å². The molecule has 1 amide bonds. The van der Waals surface area contributed by atoms with Crippen LogP contribution in [0.3, 0.4) is 0 Å². The summed E-state index contributed by atoms with van der Waals surface area (Å²) in [7, 11) is -3.62. The highest BCUT2D eigenvalue weighted by molar-refractivity contribution is 7.89. The number of amides is 1. The number of furan rings is 1. The Morgan fingerprint density at radius 2 is 1.89 bits per heavy atom. The van der Waals surface area contributed by atoms with E-state index in [2.05, 4.69) is 4.98 Å². The molecule has 2 aromatic heterocycles. The lowest BCUT2D eigenvalue weighted by molar-refractivity contribution is -0.123. The van der Waals surface area contributed by atoms with Gasteiger partial charge in [-0.2, -0.15) is 4.31 Å². The van der Waals surface area contributed by atoms with Crippen LogP contribution in [0, 0.1) is 18.7 Å². The fourth-order valence-electron chi connectivity index (χ4n) is 4.24. The van der Waals surface area contributed by atoms with E-state index in [9.17, 15) is 17.6 Å². The second-order valence-corrected chi connectivity index (χ2v) is 11.5. The third-order valence-corrected chi connectivity index (χ3v) is 9.17. The molecule has 0 unspecified atom stereocenters. The van der Waals surface area contributed by atoms with Gasteiger partial charge in [0.1, 0.15) is 17.1 Å². The number of aryl methyl sites for hydroxylation is 1.